The van der Waals surface area contributed by atoms with Crippen molar-refractivity contribution in [2.45, 2.75) is 26.4 Å². The molecule has 0 saturated carbocycles. The molecule has 7 heteroatoms. The SMILES string of the molecule is CC(C)c1c(-c2ccc(CO)o2)[nH]c2c(C#N)cnn2c1=O. The van der Waals surface area contributed by atoms with E-state index in [0.717, 1.165) is 0 Å². The van der Waals surface area contributed by atoms with Crippen LogP contribution in [0.15, 0.2) is 27.5 Å². The molecule has 3 aromatic rings. The second-order valence-electron chi connectivity index (χ2n) is 5.23. The quantitative estimate of drug-likeness (QED) is 0.766. The highest BCUT2D eigenvalue weighted by atomic mass is 16.4. The summed E-state index contributed by atoms with van der Waals surface area (Å²) in [4.78, 5) is 15.7. The molecule has 22 heavy (non-hydrogen) atoms. The number of nitrogens with one attached hydrogen (secondary N) is 1. The molecule has 0 aliphatic carbocycles. The molecule has 0 aliphatic rings. The summed E-state index contributed by atoms with van der Waals surface area (Å²) >= 11 is 0. The van der Waals surface area contributed by atoms with E-state index >= 15 is 0 Å². The van der Waals surface area contributed by atoms with Crippen molar-refractivity contribution < 1.29 is 9.52 Å². The third kappa shape index (κ3) is 2.01. The highest BCUT2D eigenvalue weighted by Gasteiger charge is 2.21. The van der Waals surface area contributed by atoms with Crippen LogP contribution in [0.4, 0.5) is 0 Å². The Morgan fingerprint density at radius 2 is 2.27 bits per heavy atom. The Labute approximate surface area is 125 Å². The van der Waals surface area contributed by atoms with E-state index in [1.807, 2.05) is 19.9 Å². The topological polar surface area (TPSA) is 107 Å². The monoisotopic (exact) mass is 298 g/mol. The lowest BCUT2D eigenvalue weighted by molar-refractivity contribution is 0.248. The van der Waals surface area contributed by atoms with E-state index in [-0.39, 0.29) is 23.6 Å². The predicted octanol–water partition coefficient (Wildman–Crippen LogP) is 1.77. The first-order valence-corrected chi connectivity index (χ1v) is 6.80. The van der Waals surface area contributed by atoms with Crippen LogP contribution in [0.3, 0.4) is 0 Å². The molecular weight excluding hydrogens is 284 g/mol. The average Bonchev–Trinajstić information content (AvgIpc) is 3.12. The predicted molar refractivity (Wildman–Crippen MR) is 78.2 cm³/mol. The van der Waals surface area contributed by atoms with Crippen molar-refractivity contribution in [3.05, 3.63) is 45.6 Å². The number of hydrogen-bond donors (Lipinski definition) is 2. The average molecular weight is 298 g/mol. The molecule has 0 amide bonds. The summed E-state index contributed by atoms with van der Waals surface area (Å²) < 4.78 is 6.72. The van der Waals surface area contributed by atoms with Crippen molar-refractivity contribution in [1.82, 2.24) is 14.6 Å². The van der Waals surface area contributed by atoms with Crippen molar-refractivity contribution >= 4 is 5.65 Å². The first-order chi connectivity index (χ1) is 10.6. The minimum absolute atomic E-state index is 0.0689. The molecule has 0 spiro atoms. The number of aliphatic hydroxyl groups excluding tert-OH is 1. The number of aromatic amines is 1. The number of fused-ring (bicyclic) bond motifs is 1. The molecule has 0 aromatic carbocycles. The maximum absolute atomic E-state index is 12.6. The summed E-state index contributed by atoms with van der Waals surface area (Å²) in [6.45, 7) is 3.56. The van der Waals surface area contributed by atoms with Gasteiger partial charge in [-0.3, -0.25) is 4.79 Å². The van der Waals surface area contributed by atoms with Gasteiger partial charge >= 0.3 is 0 Å². The zero-order valence-corrected chi connectivity index (χ0v) is 12.1. The summed E-state index contributed by atoms with van der Waals surface area (Å²) in [6, 6.07) is 5.32. The molecule has 112 valence electrons. The number of hydrogen-bond acceptors (Lipinski definition) is 5. The molecule has 3 aromatic heterocycles. The van der Waals surface area contributed by atoms with Gasteiger partial charge in [-0.2, -0.15) is 14.9 Å². The largest absolute Gasteiger partial charge is 0.457 e. The van der Waals surface area contributed by atoms with Crippen molar-refractivity contribution in [3.8, 4) is 17.5 Å². The van der Waals surface area contributed by atoms with E-state index in [4.69, 9.17) is 14.8 Å². The molecule has 0 radical (unpaired) electrons. The van der Waals surface area contributed by atoms with E-state index in [9.17, 15) is 4.79 Å². The minimum atomic E-state index is -0.290. The third-order valence-corrected chi connectivity index (χ3v) is 3.47. The van der Waals surface area contributed by atoms with Gasteiger partial charge in [-0.25, -0.2) is 0 Å². The van der Waals surface area contributed by atoms with Crippen LogP contribution in [0.2, 0.25) is 0 Å². The summed E-state index contributed by atoms with van der Waals surface area (Å²) in [7, 11) is 0. The second-order valence-corrected chi connectivity index (χ2v) is 5.23. The lowest BCUT2D eigenvalue weighted by Crippen LogP contribution is -2.22. The Kier molecular flexibility index (Phi) is 3.31. The standard InChI is InChI=1S/C15H14N4O3/c1-8(2)12-13(11-4-3-10(7-20)22-11)18-14-9(5-16)6-17-19(14)15(12)21/h3-4,6,8,18,20H,7H2,1-2H3. The van der Waals surface area contributed by atoms with Crippen molar-refractivity contribution in [2.75, 3.05) is 0 Å². The summed E-state index contributed by atoms with van der Waals surface area (Å²) in [5.74, 6) is 0.775. The molecule has 0 fully saturated rings. The van der Waals surface area contributed by atoms with Gasteiger partial charge < -0.3 is 14.5 Å². The lowest BCUT2D eigenvalue weighted by atomic mass is 10.0. The summed E-state index contributed by atoms with van der Waals surface area (Å²) in [5, 5.41) is 22.2. The van der Waals surface area contributed by atoms with Gasteiger partial charge in [-0.05, 0) is 18.1 Å². The van der Waals surface area contributed by atoms with Gasteiger partial charge in [0.05, 0.1) is 11.9 Å². The number of rotatable bonds is 3. The zero-order valence-electron chi connectivity index (χ0n) is 12.1. The van der Waals surface area contributed by atoms with Gasteiger partial charge in [0.25, 0.3) is 5.56 Å². The van der Waals surface area contributed by atoms with Gasteiger partial charge in [0.1, 0.15) is 24.0 Å². The second kappa shape index (κ2) is 5.16. The van der Waals surface area contributed by atoms with Crippen LogP contribution in [0.1, 0.15) is 36.7 Å². The number of nitrogens with zero attached hydrogens (tertiary/aromatic N) is 3. The van der Waals surface area contributed by atoms with Crippen molar-refractivity contribution in [3.63, 3.8) is 0 Å². The van der Waals surface area contributed by atoms with Crippen molar-refractivity contribution in [2.24, 2.45) is 0 Å². The van der Waals surface area contributed by atoms with E-state index in [1.54, 1.807) is 12.1 Å². The fraction of sp³-hybridized carbons (Fsp3) is 0.267. The fourth-order valence-corrected chi connectivity index (χ4v) is 2.44. The first kappa shape index (κ1) is 14.1. The number of aromatic nitrogens is 3. The molecule has 0 bridgehead atoms. The smallest absolute Gasteiger partial charge is 0.278 e. The highest BCUT2D eigenvalue weighted by Crippen LogP contribution is 2.27. The number of aliphatic hydroxyl groups is 1. The normalized spacial score (nSPS) is 11.2. The summed E-state index contributed by atoms with van der Waals surface area (Å²) in [5.41, 5.74) is 1.33. The molecule has 0 unspecified atom stereocenters. The van der Waals surface area contributed by atoms with Gasteiger partial charge in [-0.15, -0.1) is 0 Å². The molecule has 0 aliphatic heterocycles. The van der Waals surface area contributed by atoms with Crippen LogP contribution in [-0.2, 0) is 6.61 Å². The first-order valence-electron chi connectivity index (χ1n) is 6.80. The van der Waals surface area contributed by atoms with Crippen LogP contribution >= 0.6 is 0 Å². The van der Waals surface area contributed by atoms with E-state index < -0.39 is 0 Å². The summed E-state index contributed by atoms with van der Waals surface area (Å²) in [6.07, 6.45) is 1.35. The number of furan rings is 1. The zero-order chi connectivity index (χ0) is 15.9. The maximum atomic E-state index is 12.6. The third-order valence-electron chi connectivity index (χ3n) is 3.47. The Hall–Kier alpha value is -2.85. The fourth-order valence-electron chi connectivity index (χ4n) is 2.44. The molecule has 0 atom stereocenters. The van der Waals surface area contributed by atoms with Crippen LogP contribution in [-0.4, -0.2) is 19.7 Å². The molecule has 7 nitrogen and oxygen atoms in total. The van der Waals surface area contributed by atoms with Crippen LogP contribution in [0.5, 0.6) is 0 Å². The molecule has 2 N–H and O–H groups in total. The van der Waals surface area contributed by atoms with E-state index in [2.05, 4.69) is 10.1 Å². The van der Waals surface area contributed by atoms with Gasteiger partial charge in [0.15, 0.2) is 11.4 Å². The van der Waals surface area contributed by atoms with E-state index in [0.29, 0.717) is 28.4 Å². The maximum Gasteiger partial charge on any atom is 0.278 e. The van der Waals surface area contributed by atoms with Crippen LogP contribution < -0.4 is 5.56 Å². The van der Waals surface area contributed by atoms with Gasteiger partial charge in [0, 0.05) is 5.56 Å². The van der Waals surface area contributed by atoms with E-state index in [1.165, 1.54) is 10.7 Å². The molecule has 0 saturated heterocycles. The molecule has 3 rings (SSSR count). The Bertz CT molecular complexity index is 940. The van der Waals surface area contributed by atoms with Crippen molar-refractivity contribution in [1.29, 1.82) is 5.26 Å². The lowest BCUT2D eigenvalue weighted by Gasteiger charge is -2.11. The van der Waals surface area contributed by atoms with Gasteiger partial charge in [-0.1, -0.05) is 13.8 Å². The Morgan fingerprint density at radius 3 is 2.86 bits per heavy atom. The Morgan fingerprint density at radius 1 is 1.50 bits per heavy atom. The van der Waals surface area contributed by atoms with Gasteiger partial charge in [0.2, 0.25) is 0 Å². The Balaban J connectivity index is 2.38. The molecule has 3 heterocycles. The van der Waals surface area contributed by atoms with Crippen LogP contribution in [0.25, 0.3) is 17.1 Å². The molecular formula is C15H14N4O3. The number of nitriles is 1. The van der Waals surface area contributed by atoms with Crippen LogP contribution in [0, 0.1) is 11.3 Å². The number of H-pyrrole nitrogens is 1. The minimum Gasteiger partial charge on any atom is -0.457 e. The highest BCUT2D eigenvalue weighted by molar-refractivity contribution is 5.64.